The lowest BCUT2D eigenvalue weighted by atomic mass is 10.5. The predicted octanol–water partition coefficient (Wildman–Crippen LogP) is 1.09. The van der Waals surface area contributed by atoms with E-state index in [1.165, 1.54) is 0 Å². The third-order valence-electron chi connectivity index (χ3n) is 2.05. The number of rotatable bonds is 3. The topological polar surface area (TPSA) is 35.6 Å². The van der Waals surface area contributed by atoms with Gasteiger partial charge >= 0.3 is 0 Å². The van der Waals surface area contributed by atoms with Gasteiger partial charge in [-0.1, -0.05) is 0 Å². The molecule has 0 aliphatic carbocycles. The molecule has 68 valence electrons. The van der Waals surface area contributed by atoms with Gasteiger partial charge < -0.3 is 4.57 Å². The van der Waals surface area contributed by atoms with E-state index in [1.807, 2.05) is 36.3 Å². The van der Waals surface area contributed by atoms with Gasteiger partial charge in [0.15, 0.2) is 0 Å². The van der Waals surface area contributed by atoms with Crippen LogP contribution in [0, 0.1) is 6.92 Å². The Kier molecular flexibility index (Phi) is 2.12. The highest BCUT2D eigenvalue weighted by molar-refractivity contribution is 4.88. The van der Waals surface area contributed by atoms with Crippen molar-refractivity contribution in [2.75, 3.05) is 0 Å². The van der Waals surface area contributed by atoms with E-state index in [4.69, 9.17) is 0 Å². The lowest BCUT2D eigenvalue weighted by molar-refractivity contribution is 0.526. The lowest BCUT2D eigenvalue weighted by Crippen LogP contribution is -2.08. The van der Waals surface area contributed by atoms with Crippen LogP contribution in [0.2, 0.25) is 0 Å². The molecule has 0 fully saturated rings. The van der Waals surface area contributed by atoms with Crippen LogP contribution >= 0.6 is 0 Å². The van der Waals surface area contributed by atoms with E-state index >= 15 is 0 Å². The summed E-state index contributed by atoms with van der Waals surface area (Å²) in [6.45, 7) is 3.82. The third-order valence-corrected chi connectivity index (χ3v) is 2.05. The van der Waals surface area contributed by atoms with Crippen molar-refractivity contribution in [2.45, 2.75) is 20.0 Å². The number of hydrogen-bond donors (Lipinski definition) is 0. The van der Waals surface area contributed by atoms with Gasteiger partial charge in [-0.3, -0.25) is 4.68 Å². The molecule has 2 rings (SSSR count). The second-order valence-corrected chi connectivity index (χ2v) is 2.94. The zero-order valence-corrected chi connectivity index (χ0v) is 7.59. The lowest BCUT2D eigenvalue weighted by Gasteiger charge is -2.04. The second-order valence-electron chi connectivity index (χ2n) is 2.94. The Balaban J connectivity index is 1.97. The molecular formula is C9H12N4. The molecule has 2 aromatic heterocycles. The average molecular weight is 176 g/mol. The molecule has 13 heavy (non-hydrogen) atoms. The highest BCUT2D eigenvalue weighted by Gasteiger charge is 1.96. The summed E-state index contributed by atoms with van der Waals surface area (Å²) < 4.78 is 4.03. The van der Waals surface area contributed by atoms with E-state index < -0.39 is 0 Å². The third kappa shape index (κ3) is 1.77. The minimum Gasteiger partial charge on any atom is -0.333 e. The van der Waals surface area contributed by atoms with Crippen molar-refractivity contribution in [3.05, 3.63) is 36.7 Å². The van der Waals surface area contributed by atoms with Crippen molar-refractivity contribution in [2.24, 2.45) is 0 Å². The van der Waals surface area contributed by atoms with Crippen molar-refractivity contribution in [1.29, 1.82) is 0 Å². The molecule has 0 aliphatic rings. The summed E-state index contributed by atoms with van der Waals surface area (Å²) in [5, 5.41) is 4.13. The summed E-state index contributed by atoms with van der Waals surface area (Å²) in [6, 6.07) is 1.93. The Bertz CT molecular complexity index is 361. The normalized spacial score (nSPS) is 10.5. The number of aromatic nitrogens is 4. The highest BCUT2D eigenvalue weighted by Crippen LogP contribution is 1.96. The van der Waals surface area contributed by atoms with E-state index in [9.17, 15) is 0 Å². The molecule has 0 spiro atoms. The predicted molar refractivity (Wildman–Crippen MR) is 49.2 cm³/mol. The van der Waals surface area contributed by atoms with E-state index in [2.05, 4.69) is 14.6 Å². The van der Waals surface area contributed by atoms with Gasteiger partial charge in [0.1, 0.15) is 5.82 Å². The fourth-order valence-corrected chi connectivity index (χ4v) is 1.28. The molecule has 0 saturated carbocycles. The molecule has 0 saturated heterocycles. The van der Waals surface area contributed by atoms with Gasteiger partial charge in [-0.25, -0.2) is 4.98 Å². The molecule has 0 aromatic carbocycles. The Morgan fingerprint density at radius 3 is 2.77 bits per heavy atom. The number of hydrogen-bond acceptors (Lipinski definition) is 2. The van der Waals surface area contributed by atoms with Crippen molar-refractivity contribution >= 4 is 0 Å². The summed E-state index contributed by atoms with van der Waals surface area (Å²) >= 11 is 0. The summed E-state index contributed by atoms with van der Waals surface area (Å²) in [4.78, 5) is 4.15. The van der Waals surface area contributed by atoms with Crippen molar-refractivity contribution in [3.63, 3.8) is 0 Å². The minimum atomic E-state index is 0.893. The van der Waals surface area contributed by atoms with Crippen LogP contribution in [0.5, 0.6) is 0 Å². The van der Waals surface area contributed by atoms with Gasteiger partial charge in [-0.15, -0.1) is 0 Å². The quantitative estimate of drug-likeness (QED) is 0.701. The van der Waals surface area contributed by atoms with Crippen LogP contribution in [0.4, 0.5) is 0 Å². The summed E-state index contributed by atoms with van der Waals surface area (Å²) in [5.74, 6) is 1.05. The van der Waals surface area contributed by atoms with Crippen LogP contribution < -0.4 is 0 Å². The van der Waals surface area contributed by atoms with Gasteiger partial charge in [-0.2, -0.15) is 5.10 Å². The summed E-state index contributed by atoms with van der Waals surface area (Å²) in [7, 11) is 0. The first-order chi connectivity index (χ1) is 6.36. The molecule has 0 unspecified atom stereocenters. The molecule has 4 heteroatoms. The first-order valence-corrected chi connectivity index (χ1v) is 4.31. The Morgan fingerprint density at radius 1 is 1.23 bits per heavy atom. The van der Waals surface area contributed by atoms with Gasteiger partial charge in [0, 0.05) is 31.3 Å². The molecule has 2 heterocycles. The van der Waals surface area contributed by atoms with E-state index in [1.54, 1.807) is 6.20 Å². The van der Waals surface area contributed by atoms with Crippen molar-refractivity contribution < 1.29 is 0 Å². The molecule has 0 aliphatic heterocycles. The van der Waals surface area contributed by atoms with Gasteiger partial charge in [0.05, 0.1) is 6.54 Å². The highest BCUT2D eigenvalue weighted by atomic mass is 15.3. The van der Waals surface area contributed by atoms with Crippen LogP contribution in [0.1, 0.15) is 5.82 Å². The maximum Gasteiger partial charge on any atom is 0.105 e. The number of imidazole rings is 1. The van der Waals surface area contributed by atoms with Crippen LogP contribution in [-0.2, 0) is 13.1 Å². The fourth-order valence-electron chi connectivity index (χ4n) is 1.28. The molecular weight excluding hydrogens is 164 g/mol. The van der Waals surface area contributed by atoms with E-state index in [0.29, 0.717) is 0 Å². The number of nitrogens with zero attached hydrogens (tertiary/aromatic N) is 4. The van der Waals surface area contributed by atoms with Gasteiger partial charge in [0.25, 0.3) is 0 Å². The maximum absolute atomic E-state index is 4.15. The number of aryl methyl sites for hydroxylation is 3. The summed E-state index contributed by atoms with van der Waals surface area (Å²) in [6.07, 6.45) is 7.56. The molecule has 0 radical (unpaired) electrons. The smallest absolute Gasteiger partial charge is 0.105 e. The molecule has 0 N–H and O–H groups in total. The van der Waals surface area contributed by atoms with E-state index in [0.717, 1.165) is 18.9 Å². The largest absolute Gasteiger partial charge is 0.333 e. The van der Waals surface area contributed by atoms with Crippen LogP contribution in [0.3, 0.4) is 0 Å². The maximum atomic E-state index is 4.15. The van der Waals surface area contributed by atoms with Gasteiger partial charge in [0.2, 0.25) is 0 Å². The van der Waals surface area contributed by atoms with Crippen LogP contribution in [0.25, 0.3) is 0 Å². The molecule has 0 amide bonds. The monoisotopic (exact) mass is 176 g/mol. The van der Waals surface area contributed by atoms with Crippen LogP contribution in [0.15, 0.2) is 30.9 Å². The Hall–Kier alpha value is -1.58. The summed E-state index contributed by atoms with van der Waals surface area (Å²) in [5.41, 5.74) is 0. The minimum absolute atomic E-state index is 0.893. The second kappa shape index (κ2) is 3.43. The van der Waals surface area contributed by atoms with Crippen molar-refractivity contribution in [1.82, 2.24) is 19.3 Å². The first-order valence-electron chi connectivity index (χ1n) is 4.31. The zero-order valence-electron chi connectivity index (χ0n) is 7.59. The molecule has 4 nitrogen and oxygen atoms in total. The van der Waals surface area contributed by atoms with Gasteiger partial charge in [-0.05, 0) is 13.0 Å². The first kappa shape index (κ1) is 8.04. The SMILES string of the molecule is Cc1nccn1CCn1cccn1. The standard InChI is InChI=1S/C9H12N4/c1-9-10-4-6-12(9)7-8-13-5-2-3-11-13/h2-6H,7-8H2,1H3. The Morgan fingerprint density at radius 2 is 2.15 bits per heavy atom. The van der Waals surface area contributed by atoms with Crippen LogP contribution in [-0.4, -0.2) is 19.3 Å². The fraction of sp³-hybridized carbons (Fsp3) is 0.333. The van der Waals surface area contributed by atoms with E-state index in [-0.39, 0.29) is 0 Å². The zero-order chi connectivity index (χ0) is 9.10. The average Bonchev–Trinajstić information content (AvgIpc) is 2.72. The van der Waals surface area contributed by atoms with Crippen molar-refractivity contribution in [3.8, 4) is 0 Å². The Labute approximate surface area is 76.8 Å². The molecule has 0 atom stereocenters. The molecule has 0 bridgehead atoms. The molecule has 2 aromatic rings.